The van der Waals surface area contributed by atoms with Crippen LogP contribution >= 0.6 is 0 Å². The zero-order valence-corrected chi connectivity index (χ0v) is 8.72. The summed E-state index contributed by atoms with van der Waals surface area (Å²) in [6, 6.07) is 0. The van der Waals surface area contributed by atoms with Crippen molar-refractivity contribution in [3.63, 3.8) is 0 Å². The molecule has 0 heterocycles. The summed E-state index contributed by atoms with van der Waals surface area (Å²) in [5, 5.41) is 0. The molecule has 0 atom stereocenters. The van der Waals surface area contributed by atoms with E-state index in [0.29, 0.717) is 18.8 Å². The van der Waals surface area contributed by atoms with Gasteiger partial charge in [0.2, 0.25) is 0 Å². The molecule has 0 amide bonds. The third-order valence-electron chi connectivity index (χ3n) is 3.03. The van der Waals surface area contributed by atoms with Crippen LogP contribution in [-0.4, -0.2) is 11.6 Å². The largest absolute Gasteiger partial charge is 0.299 e. The fourth-order valence-corrected chi connectivity index (χ4v) is 1.79. The van der Waals surface area contributed by atoms with Crippen LogP contribution in [0.15, 0.2) is 0 Å². The molecule has 0 unspecified atom stereocenters. The van der Waals surface area contributed by atoms with Gasteiger partial charge in [-0.2, -0.15) is 0 Å². The van der Waals surface area contributed by atoms with Crippen LogP contribution in [0, 0.1) is 11.3 Å². The minimum atomic E-state index is -0.635. The van der Waals surface area contributed by atoms with Gasteiger partial charge in [0.25, 0.3) is 0 Å². The van der Waals surface area contributed by atoms with E-state index < -0.39 is 5.41 Å². The molecule has 0 spiro atoms. The summed E-state index contributed by atoms with van der Waals surface area (Å²) in [4.78, 5) is 23.0. The van der Waals surface area contributed by atoms with Gasteiger partial charge in [0.05, 0.1) is 5.41 Å². The van der Waals surface area contributed by atoms with Gasteiger partial charge in [-0.3, -0.25) is 9.59 Å². The van der Waals surface area contributed by atoms with Crippen molar-refractivity contribution >= 4 is 11.6 Å². The lowest BCUT2D eigenvalue weighted by molar-refractivity contribution is -0.134. The Morgan fingerprint density at radius 1 is 1.23 bits per heavy atom. The Bertz CT molecular complexity index is 212. The highest BCUT2D eigenvalue weighted by molar-refractivity contribution is 6.12. The van der Waals surface area contributed by atoms with Gasteiger partial charge in [0.15, 0.2) is 0 Å². The van der Waals surface area contributed by atoms with E-state index in [1.807, 2.05) is 6.92 Å². The molecule has 0 bridgehead atoms. The Labute approximate surface area is 79.7 Å². The predicted molar refractivity (Wildman–Crippen MR) is 51.4 cm³/mol. The molecule has 13 heavy (non-hydrogen) atoms. The summed E-state index contributed by atoms with van der Waals surface area (Å²) in [6.07, 6.45) is 2.64. The smallest absolute Gasteiger partial charge is 0.146 e. The van der Waals surface area contributed by atoms with Crippen LogP contribution in [0.2, 0.25) is 0 Å². The molecule has 1 fully saturated rings. The summed E-state index contributed by atoms with van der Waals surface area (Å²) >= 11 is 0. The van der Waals surface area contributed by atoms with Crippen molar-refractivity contribution in [1.29, 1.82) is 0 Å². The van der Waals surface area contributed by atoms with E-state index in [1.165, 1.54) is 0 Å². The van der Waals surface area contributed by atoms with Crippen molar-refractivity contribution < 1.29 is 9.59 Å². The molecule has 0 aliphatic heterocycles. The highest BCUT2D eigenvalue weighted by atomic mass is 16.2. The van der Waals surface area contributed by atoms with Crippen LogP contribution in [0.3, 0.4) is 0 Å². The first-order valence-electron chi connectivity index (χ1n) is 5.03. The van der Waals surface area contributed by atoms with Crippen LogP contribution in [0.1, 0.15) is 46.5 Å². The second-order valence-electron chi connectivity index (χ2n) is 4.61. The van der Waals surface area contributed by atoms with Crippen LogP contribution in [-0.2, 0) is 9.59 Å². The molecule has 0 aromatic carbocycles. The molecule has 1 aliphatic carbocycles. The highest BCUT2D eigenvalue weighted by Crippen LogP contribution is 2.36. The second kappa shape index (κ2) is 3.60. The summed E-state index contributed by atoms with van der Waals surface area (Å²) in [5.41, 5.74) is -0.635. The minimum Gasteiger partial charge on any atom is -0.299 e. The third kappa shape index (κ3) is 1.98. The van der Waals surface area contributed by atoms with Gasteiger partial charge in [-0.25, -0.2) is 0 Å². The lowest BCUT2D eigenvalue weighted by atomic mass is 9.80. The Hall–Kier alpha value is -0.660. The molecule has 2 heteroatoms. The van der Waals surface area contributed by atoms with E-state index in [9.17, 15) is 9.59 Å². The second-order valence-corrected chi connectivity index (χ2v) is 4.61. The first-order valence-corrected chi connectivity index (χ1v) is 5.03. The SMILES string of the molecule is CC(C)CCC1(C)C(=O)CCC1=O. The average Bonchev–Trinajstić information content (AvgIpc) is 2.31. The van der Waals surface area contributed by atoms with E-state index in [4.69, 9.17) is 0 Å². The maximum absolute atomic E-state index is 11.5. The van der Waals surface area contributed by atoms with E-state index in [-0.39, 0.29) is 11.6 Å². The standard InChI is InChI=1S/C11H18O2/c1-8(2)6-7-11(3)9(12)4-5-10(11)13/h8H,4-7H2,1-3H3. The first kappa shape index (κ1) is 10.4. The zero-order valence-electron chi connectivity index (χ0n) is 8.72. The molecule has 2 nitrogen and oxygen atoms in total. The molecular formula is C11H18O2. The monoisotopic (exact) mass is 182 g/mol. The highest BCUT2D eigenvalue weighted by Gasteiger charge is 2.44. The van der Waals surface area contributed by atoms with Crippen molar-refractivity contribution in [3.8, 4) is 0 Å². The van der Waals surface area contributed by atoms with Gasteiger partial charge < -0.3 is 0 Å². The molecule has 74 valence electrons. The number of rotatable bonds is 3. The van der Waals surface area contributed by atoms with E-state index in [0.717, 1.165) is 12.8 Å². The third-order valence-corrected chi connectivity index (χ3v) is 3.03. The number of Topliss-reactive ketones (excluding diaryl/α,β-unsaturated/α-hetero) is 2. The average molecular weight is 182 g/mol. The van der Waals surface area contributed by atoms with Crippen molar-refractivity contribution in [3.05, 3.63) is 0 Å². The van der Waals surface area contributed by atoms with E-state index >= 15 is 0 Å². The lowest BCUT2D eigenvalue weighted by Gasteiger charge is -2.20. The van der Waals surface area contributed by atoms with E-state index in [1.54, 1.807) is 0 Å². The Morgan fingerprint density at radius 2 is 1.69 bits per heavy atom. The molecule has 0 N–H and O–H groups in total. The summed E-state index contributed by atoms with van der Waals surface area (Å²) in [5.74, 6) is 0.870. The lowest BCUT2D eigenvalue weighted by Crippen LogP contribution is -2.29. The van der Waals surface area contributed by atoms with Crippen molar-refractivity contribution in [2.45, 2.75) is 46.5 Å². The molecule has 0 saturated heterocycles. The predicted octanol–water partition coefficient (Wildman–Crippen LogP) is 2.36. The van der Waals surface area contributed by atoms with Gasteiger partial charge in [0.1, 0.15) is 11.6 Å². The van der Waals surface area contributed by atoms with Crippen molar-refractivity contribution in [2.75, 3.05) is 0 Å². The first-order chi connectivity index (χ1) is 5.97. The molecule has 0 radical (unpaired) electrons. The Balaban J connectivity index is 2.63. The summed E-state index contributed by atoms with van der Waals surface area (Å²) in [6.45, 7) is 6.05. The molecule has 0 aromatic rings. The van der Waals surface area contributed by atoms with Crippen molar-refractivity contribution in [1.82, 2.24) is 0 Å². The number of ketones is 2. The van der Waals surface area contributed by atoms with Gasteiger partial charge in [0, 0.05) is 12.8 Å². The fraction of sp³-hybridized carbons (Fsp3) is 0.818. The molecular weight excluding hydrogens is 164 g/mol. The molecule has 1 rings (SSSR count). The zero-order chi connectivity index (χ0) is 10.1. The number of carbonyl (C=O) groups excluding carboxylic acids is 2. The van der Waals surface area contributed by atoms with Crippen LogP contribution < -0.4 is 0 Å². The Morgan fingerprint density at radius 3 is 2.08 bits per heavy atom. The minimum absolute atomic E-state index is 0.151. The fourth-order valence-electron chi connectivity index (χ4n) is 1.79. The molecule has 1 aliphatic rings. The number of hydrogen-bond acceptors (Lipinski definition) is 2. The maximum atomic E-state index is 11.5. The normalized spacial score (nSPS) is 21.5. The molecule has 1 saturated carbocycles. The van der Waals surface area contributed by atoms with Crippen molar-refractivity contribution in [2.24, 2.45) is 11.3 Å². The quantitative estimate of drug-likeness (QED) is 0.628. The van der Waals surface area contributed by atoms with Crippen LogP contribution in [0.5, 0.6) is 0 Å². The Kier molecular flexibility index (Phi) is 2.89. The van der Waals surface area contributed by atoms with Crippen LogP contribution in [0.25, 0.3) is 0 Å². The topological polar surface area (TPSA) is 34.1 Å². The van der Waals surface area contributed by atoms with Gasteiger partial charge in [-0.15, -0.1) is 0 Å². The van der Waals surface area contributed by atoms with Gasteiger partial charge in [-0.1, -0.05) is 13.8 Å². The maximum Gasteiger partial charge on any atom is 0.146 e. The van der Waals surface area contributed by atoms with Crippen LogP contribution in [0.4, 0.5) is 0 Å². The summed E-state index contributed by atoms with van der Waals surface area (Å²) in [7, 11) is 0. The number of carbonyl (C=O) groups is 2. The molecule has 0 aromatic heterocycles. The summed E-state index contributed by atoms with van der Waals surface area (Å²) < 4.78 is 0. The van der Waals surface area contributed by atoms with Gasteiger partial charge in [-0.05, 0) is 25.7 Å². The van der Waals surface area contributed by atoms with Gasteiger partial charge >= 0.3 is 0 Å². The van der Waals surface area contributed by atoms with E-state index in [2.05, 4.69) is 13.8 Å². The number of hydrogen-bond donors (Lipinski definition) is 0.